The van der Waals surface area contributed by atoms with Gasteiger partial charge < -0.3 is 0 Å². The van der Waals surface area contributed by atoms with E-state index in [0.717, 1.165) is 5.56 Å². The van der Waals surface area contributed by atoms with Crippen LogP contribution in [0.15, 0.2) is 24.3 Å². The number of benzene rings is 1. The van der Waals surface area contributed by atoms with Gasteiger partial charge in [-0.3, -0.25) is 19.3 Å². The minimum atomic E-state index is -0.433. The van der Waals surface area contributed by atoms with E-state index in [2.05, 4.69) is 0 Å². The molecular formula is C18H19NO3. The van der Waals surface area contributed by atoms with Gasteiger partial charge in [0.1, 0.15) is 5.78 Å². The van der Waals surface area contributed by atoms with Gasteiger partial charge in [-0.25, -0.2) is 0 Å². The third-order valence-corrected chi connectivity index (χ3v) is 6.08. The maximum atomic E-state index is 12.8. The van der Waals surface area contributed by atoms with E-state index < -0.39 is 11.8 Å². The SMILES string of the molecule is Cc1ccc(N2C(=O)C3C4C(=O)C(C(C)C4C)C3C2=O)cc1. The van der Waals surface area contributed by atoms with Gasteiger partial charge in [-0.15, -0.1) is 0 Å². The Morgan fingerprint density at radius 1 is 0.773 bits per heavy atom. The molecule has 1 aromatic carbocycles. The van der Waals surface area contributed by atoms with Crippen molar-refractivity contribution in [3.8, 4) is 0 Å². The molecule has 4 rings (SSSR count). The predicted octanol–water partition coefficient (Wildman–Crippen LogP) is 2.20. The Hall–Kier alpha value is -1.97. The molecule has 6 atom stereocenters. The Balaban J connectivity index is 1.76. The molecule has 3 fully saturated rings. The lowest BCUT2D eigenvalue weighted by Gasteiger charge is -2.29. The average molecular weight is 297 g/mol. The number of fused-ring (bicyclic) bond motifs is 5. The molecule has 114 valence electrons. The molecule has 2 saturated carbocycles. The highest BCUT2D eigenvalue weighted by atomic mass is 16.2. The van der Waals surface area contributed by atoms with Crippen LogP contribution in [0.25, 0.3) is 0 Å². The molecule has 22 heavy (non-hydrogen) atoms. The van der Waals surface area contributed by atoms with Crippen LogP contribution in [0.5, 0.6) is 0 Å². The summed E-state index contributed by atoms with van der Waals surface area (Å²) < 4.78 is 0. The maximum Gasteiger partial charge on any atom is 0.238 e. The highest BCUT2D eigenvalue weighted by Crippen LogP contribution is 2.59. The number of hydrogen-bond acceptors (Lipinski definition) is 3. The van der Waals surface area contributed by atoms with E-state index in [0.29, 0.717) is 5.69 Å². The molecule has 2 amide bonds. The summed E-state index contributed by atoms with van der Waals surface area (Å²) in [5, 5.41) is 0. The number of ketones is 1. The number of imide groups is 1. The summed E-state index contributed by atoms with van der Waals surface area (Å²) in [6.45, 7) is 6.04. The van der Waals surface area contributed by atoms with Crippen LogP contribution in [0.4, 0.5) is 5.69 Å². The Labute approximate surface area is 129 Å². The highest BCUT2D eigenvalue weighted by Gasteiger charge is 2.69. The van der Waals surface area contributed by atoms with Crippen LogP contribution < -0.4 is 4.90 Å². The quantitative estimate of drug-likeness (QED) is 0.747. The number of nitrogens with zero attached hydrogens (tertiary/aromatic N) is 1. The topological polar surface area (TPSA) is 54.5 Å². The molecule has 0 spiro atoms. The highest BCUT2D eigenvalue weighted by molar-refractivity contribution is 6.25. The van der Waals surface area contributed by atoms with Crippen LogP contribution in [0.2, 0.25) is 0 Å². The number of rotatable bonds is 1. The Bertz CT molecular complexity index is 657. The molecule has 1 saturated heterocycles. The minimum Gasteiger partial charge on any atom is -0.299 e. The fraction of sp³-hybridized carbons (Fsp3) is 0.500. The third-order valence-electron chi connectivity index (χ3n) is 6.08. The van der Waals surface area contributed by atoms with E-state index in [-0.39, 0.29) is 41.3 Å². The normalized spacial score (nSPS) is 39.8. The van der Waals surface area contributed by atoms with Gasteiger partial charge in [-0.1, -0.05) is 31.5 Å². The van der Waals surface area contributed by atoms with E-state index in [1.165, 1.54) is 4.90 Å². The number of Topliss-reactive ketones (excluding diaryl/α,β-unsaturated/α-hetero) is 1. The Morgan fingerprint density at radius 2 is 1.23 bits per heavy atom. The first-order valence-electron chi connectivity index (χ1n) is 7.91. The molecule has 0 radical (unpaired) electrons. The molecule has 0 aromatic heterocycles. The molecule has 2 aliphatic carbocycles. The second-order valence-electron chi connectivity index (χ2n) is 7.07. The van der Waals surface area contributed by atoms with Gasteiger partial charge in [0.15, 0.2) is 0 Å². The number of aryl methyl sites for hydroxylation is 1. The zero-order valence-corrected chi connectivity index (χ0v) is 12.9. The van der Waals surface area contributed by atoms with Crippen molar-refractivity contribution < 1.29 is 14.4 Å². The van der Waals surface area contributed by atoms with E-state index in [1.54, 1.807) is 0 Å². The number of hydrogen-bond donors (Lipinski definition) is 0. The second kappa shape index (κ2) is 4.28. The summed E-state index contributed by atoms with van der Waals surface area (Å²) >= 11 is 0. The smallest absolute Gasteiger partial charge is 0.238 e. The van der Waals surface area contributed by atoms with Crippen molar-refractivity contribution in [2.75, 3.05) is 4.90 Å². The van der Waals surface area contributed by atoms with E-state index >= 15 is 0 Å². The summed E-state index contributed by atoms with van der Waals surface area (Å²) in [7, 11) is 0. The fourth-order valence-corrected chi connectivity index (χ4v) is 4.82. The van der Waals surface area contributed by atoms with Gasteiger partial charge in [0, 0.05) is 11.8 Å². The summed E-state index contributed by atoms with van der Waals surface area (Å²) in [6, 6.07) is 7.41. The van der Waals surface area contributed by atoms with Crippen LogP contribution in [-0.4, -0.2) is 17.6 Å². The van der Waals surface area contributed by atoms with Crippen molar-refractivity contribution in [1.29, 1.82) is 0 Å². The zero-order chi connectivity index (χ0) is 15.8. The van der Waals surface area contributed by atoms with Crippen molar-refractivity contribution in [3.05, 3.63) is 29.8 Å². The molecule has 1 aliphatic heterocycles. The summed E-state index contributed by atoms with van der Waals surface area (Å²) in [6.07, 6.45) is 0. The second-order valence-corrected chi connectivity index (χ2v) is 7.07. The standard InChI is InChI=1S/C18H19NO3/c1-8-4-6-11(7-5-8)19-17(21)14-12-9(2)10(3)13(16(12)20)15(14)18(19)22/h4-7,9-10,12-15H,1-3H3. The van der Waals surface area contributed by atoms with E-state index in [9.17, 15) is 14.4 Å². The van der Waals surface area contributed by atoms with Gasteiger partial charge in [0.05, 0.1) is 17.5 Å². The van der Waals surface area contributed by atoms with Crippen molar-refractivity contribution >= 4 is 23.3 Å². The van der Waals surface area contributed by atoms with Gasteiger partial charge in [-0.05, 0) is 30.9 Å². The van der Waals surface area contributed by atoms with Crippen molar-refractivity contribution in [2.24, 2.45) is 35.5 Å². The van der Waals surface area contributed by atoms with Crippen LogP contribution in [0, 0.1) is 42.4 Å². The number of anilines is 1. The summed E-state index contributed by atoms with van der Waals surface area (Å²) in [4.78, 5) is 39.4. The minimum absolute atomic E-state index is 0.139. The van der Waals surface area contributed by atoms with Crippen LogP contribution in [-0.2, 0) is 14.4 Å². The molecule has 2 bridgehead atoms. The predicted molar refractivity (Wildman–Crippen MR) is 81.0 cm³/mol. The molecule has 3 aliphatic rings. The third kappa shape index (κ3) is 1.45. The molecule has 4 nitrogen and oxygen atoms in total. The van der Waals surface area contributed by atoms with Crippen LogP contribution in [0.3, 0.4) is 0 Å². The maximum absolute atomic E-state index is 12.8. The Kier molecular flexibility index (Phi) is 2.66. The van der Waals surface area contributed by atoms with Crippen LogP contribution >= 0.6 is 0 Å². The van der Waals surface area contributed by atoms with Gasteiger partial charge in [0.2, 0.25) is 11.8 Å². The largest absolute Gasteiger partial charge is 0.299 e. The Morgan fingerprint density at radius 3 is 1.68 bits per heavy atom. The van der Waals surface area contributed by atoms with E-state index in [1.807, 2.05) is 45.0 Å². The van der Waals surface area contributed by atoms with Crippen molar-refractivity contribution in [1.82, 2.24) is 0 Å². The zero-order valence-electron chi connectivity index (χ0n) is 12.9. The molecule has 0 N–H and O–H groups in total. The van der Waals surface area contributed by atoms with Gasteiger partial charge in [0.25, 0.3) is 0 Å². The number of carbonyl (C=O) groups is 3. The van der Waals surface area contributed by atoms with Gasteiger partial charge in [-0.2, -0.15) is 0 Å². The molecule has 6 unspecified atom stereocenters. The first-order chi connectivity index (χ1) is 10.4. The molecule has 1 aromatic rings. The molecular weight excluding hydrogens is 278 g/mol. The lowest BCUT2D eigenvalue weighted by molar-refractivity contribution is -0.129. The van der Waals surface area contributed by atoms with Crippen LogP contribution in [0.1, 0.15) is 19.4 Å². The first kappa shape index (κ1) is 13.7. The monoisotopic (exact) mass is 297 g/mol. The van der Waals surface area contributed by atoms with Crippen molar-refractivity contribution in [3.63, 3.8) is 0 Å². The fourth-order valence-electron chi connectivity index (χ4n) is 4.82. The molecule has 1 heterocycles. The lowest BCUT2D eigenvalue weighted by atomic mass is 9.70. The lowest BCUT2D eigenvalue weighted by Crippen LogP contribution is -2.34. The number of carbonyl (C=O) groups excluding carboxylic acids is 3. The summed E-state index contributed by atoms with van der Waals surface area (Å²) in [5.41, 5.74) is 1.71. The van der Waals surface area contributed by atoms with E-state index in [4.69, 9.17) is 0 Å². The summed E-state index contributed by atoms with van der Waals surface area (Å²) in [5.74, 6) is -1.25. The average Bonchev–Trinajstić information content (AvgIpc) is 3.00. The molecule has 4 heteroatoms. The number of amides is 2. The van der Waals surface area contributed by atoms with Gasteiger partial charge >= 0.3 is 0 Å². The van der Waals surface area contributed by atoms with Crippen molar-refractivity contribution in [2.45, 2.75) is 20.8 Å². The first-order valence-corrected chi connectivity index (χ1v) is 7.91.